The molecule has 0 aromatic carbocycles. The average molecular weight is 264 g/mol. The fourth-order valence-corrected chi connectivity index (χ4v) is 2.58. The highest BCUT2D eigenvalue weighted by molar-refractivity contribution is 5.32. The first kappa shape index (κ1) is 14.1. The van der Waals surface area contributed by atoms with E-state index in [-0.39, 0.29) is 5.56 Å². The Balaban J connectivity index is 2.07. The van der Waals surface area contributed by atoms with Crippen LogP contribution in [0.15, 0.2) is 17.2 Å². The lowest BCUT2D eigenvalue weighted by Gasteiger charge is -2.35. The van der Waals surface area contributed by atoms with E-state index in [1.165, 1.54) is 0 Å². The lowest BCUT2D eigenvalue weighted by atomic mass is 9.99. The zero-order valence-electron chi connectivity index (χ0n) is 12.1. The first-order valence-corrected chi connectivity index (χ1v) is 7.14. The van der Waals surface area contributed by atoms with Gasteiger partial charge in [-0.15, -0.1) is 0 Å². The third kappa shape index (κ3) is 3.35. The SMILES string of the molecule is CCCn1ccnc(NC2CCN(C)C(C)C2)c1=O. The van der Waals surface area contributed by atoms with Gasteiger partial charge in [-0.3, -0.25) is 4.79 Å². The molecule has 5 nitrogen and oxygen atoms in total. The van der Waals surface area contributed by atoms with Gasteiger partial charge in [0.25, 0.3) is 5.56 Å². The van der Waals surface area contributed by atoms with Gasteiger partial charge in [-0.1, -0.05) is 6.92 Å². The molecule has 1 N–H and O–H groups in total. The molecule has 106 valence electrons. The molecule has 0 amide bonds. The number of hydrogen-bond donors (Lipinski definition) is 1. The third-order valence-electron chi connectivity index (χ3n) is 3.93. The molecule has 1 fully saturated rings. The molecule has 1 saturated heterocycles. The van der Waals surface area contributed by atoms with Gasteiger partial charge in [0.1, 0.15) is 0 Å². The van der Waals surface area contributed by atoms with Gasteiger partial charge in [-0.25, -0.2) is 4.98 Å². The van der Waals surface area contributed by atoms with Crippen LogP contribution in [0.25, 0.3) is 0 Å². The predicted molar refractivity (Wildman–Crippen MR) is 77.5 cm³/mol. The number of piperidine rings is 1. The van der Waals surface area contributed by atoms with Crippen molar-refractivity contribution in [2.24, 2.45) is 0 Å². The number of nitrogens with one attached hydrogen (secondary N) is 1. The number of aryl methyl sites for hydroxylation is 1. The Morgan fingerprint density at radius 2 is 2.32 bits per heavy atom. The van der Waals surface area contributed by atoms with Crippen molar-refractivity contribution in [2.75, 3.05) is 18.9 Å². The van der Waals surface area contributed by atoms with Crippen LogP contribution in [0, 0.1) is 0 Å². The lowest BCUT2D eigenvalue weighted by molar-refractivity contribution is 0.190. The van der Waals surface area contributed by atoms with Gasteiger partial charge in [-0.05, 0) is 33.2 Å². The van der Waals surface area contributed by atoms with Gasteiger partial charge in [0.2, 0.25) is 0 Å². The number of rotatable bonds is 4. The Hall–Kier alpha value is -1.36. The normalized spacial score (nSPS) is 24.4. The fraction of sp³-hybridized carbons (Fsp3) is 0.714. The molecular weight excluding hydrogens is 240 g/mol. The molecule has 0 bridgehead atoms. The van der Waals surface area contributed by atoms with Crippen LogP contribution >= 0.6 is 0 Å². The zero-order valence-corrected chi connectivity index (χ0v) is 12.1. The van der Waals surface area contributed by atoms with E-state index in [4.69, 9.17) is 0 Å². The molecule has 2 unspecified atom stereocenters. The van der Waals surface area contributed by atoms with Crippen molar-refractivity contribution in [3.8, 4) is 0 Å². The number of aromatic nitrogens is 2. The summed E-state index contributed by atoms with van der Waals surface area (Å²) in [6.07, 6.45) is 6.53. The van der Waals surface area contributed by atoms with Crippen LogP contribution in [0.4, 0.5) is 5.82 Å². The summed E-state index contributed by atoms with van der Waals surface area (Å²) in [5.74, 6) is 0.498. The third-order valence-corrected chi connectivity index (χ3v) is 3.93. The number of nitrogens with zero attached hydrogens (tertiary/aromatic N) is 3. The molecule has 0 radical (unpaired) electrons. The summed E-state index contributed by atoms with van der Waals surface area (Å²) < 4.78 is 1.73. The van der Waals surface area contributed by atoms with Gasteiger partial charge < -0.3 is 14.8 Å². The van der Waals surface area contributed by atoms with Gasteiger partial charge in [-0.2, -0.15) is 0 Å². The van der Waals surface area contributed by atoms with E-state index in [0.29, 0.717) is 17.9 Å². The van der Waals surface area contributed by atoms with E-state index in [1.807, 2.05) is 0 Å². The summed E-state index contributed by atoms with van der Waals surface area (Å²) in [6.45, 7) is 6.11. The standard InChI is InChI=1S/C14H24N4O/c1-4-7-18-9-6-15-13(14(18)19)16-12-5-8-17(3)11(2)10-12/h6,9,11-12H,4-5,7-8,10H2,1-3H3,(H,15,16). The monoisotopic (exact) mass is 264 g/mol. The lowest BCUT2D eigenvalue weighted by Crippen LogP contribution is -2.43. The van der Waals surface area contributed by atoms with E-state index >= 15 is 0 Å². The molecule has 0 saturated carbocycles. The molecule has 19 heavy (non-hydrogen) atoms. The van der Waals surface area contributed by atoms with Crippen LogP contribution in [0.1, 0.15) is 33.1 Å². The topological polar surface area (TPSA) is 50.2 Å². The van der Waals surface area contributed by atoms with E-state index in [1.54, 1.807) is 17.0 Å². The Bertz CT molecular complexity index is 471. The van der Waals surface area contributed by atoms with Crippen molar-refractivity contribution >= 4 is 5.82 Å². The highest BCUT2D eigenvalue weighted by Crippen LogP contribution is 2.17. The Morgan fingerprint density at radius 3 is 3.00 bits per heavy atom. The van der Waals surface area contributed by atoms with Crippen LogP contribution in [-0.2, 0) is 6.54 Å². The van der Waals surface area contributed by atoms with Crippen LogP contribution in [0.2, 0.25) is 0 Å². The average Bonchev–Trinajstić information content (AvgIpc) is 2.39. The van der Waals surface area contributed by atoms with Crippen molar-refractivity contribution in [3.63, 3.8) is 0 Å². The maximum absolute atomic E-state index is 12.2. The molecule has 2 atom stereocenters. The van der Waals surface area contributed by atoms with Crippen molar-refractivity contribution in [3.05, 3.63) is 22.7 Å². The smallest absolute Gasteiger partial charge is 0.293 e. The minimum Gasteiger partial charge on any atom is -0.363 e. The van der Waals surface area contributed by atoms with Crippen molar-refractivity contribution in [1.82, 2.24) is 14.5 Å². The van der Waals surface area contributed by atoms with E-state index in [2.05, 4.69) is 36.1 Å². The number of hydrogen-bond acceptors (Lipinski definition) is 4. The zero-order chi connectivity index (χ0) is 13.8. The second kappa shape index (κ2) is 6.19. The van der Waals surface area contributed by atoms with Crippen molar-refractivity contribution < 1.29 is 0 Å². The second-order valence-electron chi connectivity index (χ2n) is 5.47. The first-order chi connectivity index (χ1) is 9.11. The van der Waals surface area contributed by atoms with Crippen LogP contribution in [0.3, 0.4) is 0 Å². The van der Waals surface area contributed by atoms with E-state index in [9.17, 15) is 4.79 Å². The fourth-order valence-electron chi connectivity index (χ4n) is 2.58. The number of anilines is 1. The molecule has 0 aliphatic carbocycles. The molecule has 1 aliphatic rings. The largest absolute Gasteiger partial charge is 0.363 e. The number of likely N-dealkylation sites (tertiary alicyclic amines) is 1. The molecule has 2 rings (SSSR count). The van der Waals surface area contributed by atoms with Gasteiger partial charge in [0.05, 0.1) is 0 Å². The van der Waals surface area contributed by atoms with Gasteiger partial charge in [0, 0.05) is 37.6 Å². The Labute approximate surface area is 114 Å². The molecule has 1 aromatic heterocycles. The molecule has 5 heteroatoms. The first-order valence-electron chi connectivity index (χ1n) is 7.14. The summed E-state index contributed by atoms with van der Waals surface area (Å²) in [5.41, 5.74) is -0.00377. The molecule has 2 heterocycles. The molecule has 0 spiro atoms. The molecule has 1 aromatic rings. The Kier molecular flexibility index (Phi) is 4.58. The van der Waals surface area contributed by atoms with Crippen LogP contribution in [-0.4, -0.2) is 40.1 Å². The second-order valence-corrected chi connectivity index (χ2v) is 5.47. The summed E-state index contributed by atoms with van der Waals surface area (Å²) in [7, 11) is 2.15. The van der Waals surface area contributed by atoms with Crippen molar-refractivity contribution in [1.29, 1.82) is 0 Å². The van der Waals surface area contributed by atoms with Crippen LogP contribution < -0.4 is 10.9 Å². The Morgan fingerprint density at radius 1 is 1.53 bits per heavy atom. The maximum Gasteiger partial charge on any atom is 0.293 e. The maximum atomic E-state index is 12.2. The summed E-state index contributed by atoms with van der Waals surface area (Å²) >= 11 is 0. The minimum atomic E-state index is -0.00377. The van der Waals surface area contributed by atoms with Crippen molar-refractivity contribution in [2.45, 2.75) is 51.7 Å². The summed E-state index contributed by atoms with van der Waals surface area (Å²) in [5, 5.41) is 3.33. The van der Waals surface area contributed by atoms with E-state index < -0.39 is 0 Å². The van der Waals surface area contributed by atoms with E-state index in [0.717, 1.165) is 32.4 Å². The predicted octanol–water partition coefficient (Wildman–Crippen LogP) is 1.55. The summed E-state index contributed by atoms with van der Waals surface area (Å²) in [4.78, 5) is 18.8. The quantitative estimate of drug-likeness (QED) is 0.896. The molecular formula is C14H24N4O. The van der Waals surface area contributed by atoms with Gasteiger partial charge >= 0.3 is 0 Å². The highest BCUT2D eigenvalue weighted by atomic mass is 16.1. The minimum absolute atomic E-state index is 0.00377. The van der Waals surface area contributed by atoms with Gasteiger partial charge in [0.15, 0.2) is 5.82 Å². The highest BCUT2D eigenvalue weighted by Gasteiger charge is 2.23. The summed E-state index contributed by atoms with van der Waals surface area (Å²) in [6, 6.07) is 0.900. The van der Waals surface area contributed by atoms with Crippen LogP contribution in [0.5, 0.6) is 0 Å². The molecule has 1 aliphatic heterocycles.